The van der Waals surface area contributed by atoms with E-state index in [0.29, 0.717) is 17.0 Å². The van der Waals surface area contributed by atoms with Crippen molar-refractivity contribution in [2.45, 2.75) is 6.92 Å². The Balaban J connectivity index is 2.40. The number of nitrogens with zero attached hydrogens (tertiary/aromatic N) is 2. The highest BCUT2D eigenvalue weighted by Gasteiger charge is 2.18. The van der Waals surface area contributed by atoms with Gasteiger partial charge in [0.1, 0.15) is 11.6 Å². The van der Waals surface area contributed by atoms with Crippen LogP contribution in [0.4, 0.5) is 10.1 Å². The van der Waals surface area contributed by atoms with E-state index >= 15 is 0 Å². The van der Waals surface area contributed by atoms with Gasteiger partial charge in [-0.15, -0.1) is 0 Å². The van der Waals surface area contributed by atoms with Gasteiger partial charge in [-0.2, -0.15) is 0 Å². The SMILES string of the molecule is C/N=C(/C)c1cc(N2CCNCC2)c(F)cc1O. The number of hydrogen-bond acceptors (Lipinski definition) is 4. The lowest BCUT2D eigenvalue weighted by Crippen LogP contribution is -2.43. The van der Waals surface area contributed by atoms with Crippen LogP contribution in [0.25, 0.3) is 0 Å². The van der Waals surface area contributed by atoms with Crippen LogP contribution in [0.5, 0.6) is 5.75 Å². The van der Waals surface area contributed by atoms with Gasteiger partial charge in [0.2, 0.25) is 0 Å². The topological polar surface area (TPSA) is 47.9 Å². The highest BCUT2D eigenvalue weighted by molar-refractivity contribution is 6.01. The first kappa shape index (κ1) is 12.8. The first-order valence-electron chi connectivity index (χ1n) is 6.05. The van der Waals surface area contributed by atoms with Gasteiger partial charge in [0.25, 0.3) is 0 Å². The minimum Gasteiger partial charge on any atom is -0.507 e. The number of phenols is 1. The Morgan fingerprint density at radius 2 is 2.06 bits per heavy atom. The van der Waals surface area contributed by atoms with Gasteiger partial charge in [-0.1, -0.05) is 0 Å². The molecule has 2 rings (SSSR count). The third kappa shape index (κ3) is 2.46. The average Bonchev–Trinajstić information content (AvgIpc) is 2.39. The molecule has 1 heterocycles. The van der Waals surface area contributed by atoms with Crippen molar-refractivity contribution < 1.29 is 9.50 Å². The van der Waals surface area contributed by atoms with Crippen molar-refractivity contribution in [3.05, 3.63) is 23.5 Å². The molecular weight excluding hydrogens is 233 g/mol. The Hall–Kier alpha value is -1.62. The van der Waals surface area contributed by atoms with Gasteiger partial charge in [-0.05, 0) is 13.0 Å². The van der Waals surface area contributed by atoms with E-state index in [1.807, 2.05) is 4.90 Å². The average molecular weight is 251 g/mol. The van der Waals surface area contributed by atoms with Crippen molar-refractivity contribution in [2.24, 2.45) is 4.99 Å². The summed E-state index contributed by atoms with van der Waals surface area (Å²) in [5.41, 5.74) is 1.82. The normalized spacial score (nSPS) is 17.1. The Bertz CT molecular complexity index is 468. The molecule has 0 unspecified atom stereocenters. The number of halogens is 1. The number of hydrogen-bond donors (Lipinski definition) is 2. The fourth-order valence-electron chi connectivity index (χ4n) is 2.11. The number of nitrogens with one attached hydrogen (secondary N) is 1. The molecule has 1 saturated heterocycles. The first-order chi connectivity index (χ1) is 8.63. The van der Waals surface area contributed by atoms with E-state index in [0.717, 1.165) is 26.2 Å². The van der Waals surface area contributed by atoms with Gasteiger partial charge in [-0.3, -0.25) is 4.99 Å². The van der Waals surface area contributed by atoms with E-state index in [9.17, 15) is 9.50 Å². The molecule has 0 atom stereocenters. The van der Waals surface area contributed by atoms with Gasteiger partial charge in [0.05, 0.1) is 5.69 Å². The molecule has 0 saturated carbocycles. The minimum atomic E-state index is -0.387. The van der Waals surface area contributed by atoms with Gasteiger partial charge in [-0.25, -0.2) is 4.39 Å². The zero-order valence-corrected chi connectivity index (χ0v) is 10.7. The van der Waals surface area contributed by atoms with Crippen LogP contribution < -0.4 is 10.2 Å². The quantitative estimate of drug-likeness (QED) is 0.781. The fraction of sp³-hybridized carbons (Fsp3) is 0.462. The highest BCUT2D eigenvalue weighted by atomic mass is 19.1. The minimum absolute atomic E-state index is 0.0607. The van der Waals surface area contributed by atoms with Crippen LogP contribution in [-0.2, 0) is 0 Å². The first-order valence-corrected chi connectivity index (χ1v) is 6.05. The van der Waals surface area contributed by atoms with E-state index in [1.54, 1.807) is 20.0 Å². The van der Waals surface area contributed by atoms with E-state index in [4.69, 9.17) is 0 Å². The van der Waals surface area contributed by atoms with E-state index in [1.165, 1.54) is 6.07 Å². The van der Waals surface area contributed by atoms with Gasteiger partial charge in [0, 0.05) is 50.6 Å². The third-order valence-corrected chi connectivity index (χ3v) is 3.25. The number of aromatic hydroxyl groups is 1. The van der Waals surface area contributed by atoms with Gasteiger partial charge < -0.3 is 15.3 Å². The van der Waals surface area contributed by atoms with Crippen molar-refractivity contribution in [3.63, 3.8) is 0 Å². The second-order valence-corrected chi connectivity index (χ2v) is 4.37. The number of phenolic OH excluding ortho intramolecular Hbond substituents is 1. The molecule has 18 heavy (non-hydrogen) atoms. The molecular formula is C13H18FN3O. The standard InChI is InChI=1S/C13H18FN3O/c1-9(15-2)10-7-12(11(14)8-13(10)18)17-5-3-16-4-6-17/h7-8,16,18H,3-6H2,1-2H3/b15-9-. The Morgan fingerprint density at radius 1 is 1.39 bits per heavy atom. The van der Waals surface area contributed by atoms with E-state index in [2.05, 4.69) is 10.3 Å². The summed E-state index contributed by atoms with van der Waals surface area (Å²) in [6.07, 6.45) is 0. The molecule has 98 valence electrons. The van der Waals surface area contributed by atoms with Crippen molar-refractivity contribution >= 4 is 11.4 Å². The second kappa shape index (κ2) is 5.35. The van der Waals surface area contributed by atoms with Crippen LogP contribution in [0.1, 0.15) is 12.5 Å². The summed E-state index contributed by atoms with van der Waals surface area (Å²) in [5, 5.41) is 13.0. The number of anilines is 1. The van der Waals surface area contributed by atoms with Crippen LogP contribution in [0.3, 0.4) is 0 Å². The molecule has 5 heteroatoms. The van der Waals surface area contributed by atoms with Crippen molar-refractivity contribution in [2.75, 3.05) is 38.1 Å². The maximum atomic E-state index is 13.9. The molecule has 0 spiro atoms. The lowest BCUT2D eigenvalue weighted by molar-refractivity contribution is 0.467. The molecule has 0 bridgehead atoms. The van der Waals surface area contributed by atoms with Crippen LogP contribution in [0.15, 0.2) is 17.1 Å². The Kier molecular flexibility index (Phi) is 3.81. The van der Waals surface area contributed by atoms with Crippen molar-refractivity contribution in [3.8, 4) is 5.75 Å². The van der Waals surface area contributed by atoms with E-state index in [-0.39, 0.29) is 11.6 Å². The summed E-state index contributed by atoms with van der Waals surface area (Å²) in [6, 6.07) is 2.85. The summed E-state index contributed by atoms with van der Waals surface area (Å²) < 4.78 is 13.9. The molecule has 1 aromatic carbocycles. The van der Waals surface area contributed by atoms with Crippen LogP contribution in [0, 0.1) is 5.82 Å². The molecule has 4 nitrogen and oxygen atoms in total. The highest BCUT2D eigenvalue weighted by Crippen LogP contribution is 2.28. The zero-order valence-electron chi connectivity index (χ0n) is 10.7. The van der Waals surface area contributed by atoms with Crippen molar-refractivity contribution in [1.82, 2.24) is 5.32 Å². The summed E-state index contributed by atoms with van der Waals surface area (Å²) >= 11 is 0. The number of piperazine rings is 1. The van der Waals surface area contributed by atoms with Crippen molar-refractivity contribution in [1.29, 1.82) is 0 Å². The predicted octanol–water partition coefficient (Wildman–Crippen LogP) is 1.38. The lowest BCUT2D eigenvalue weighted by atomic mass is 10.1. The molecule has 0 aromatic heterocycles. The summed E-state index contributed by atoms with van der Waals surface area (Å²) in [5.74, 6) is -0.448. The molecule has 1 aromatic rings. The smallest absolute Gasteiger partial charge is 0.150 e. The van der Waals surface area contributed by atoms with Gasteiger partial charge >= 0.3 is 0 Å². The maximum absolute atomic E-state index is 13.9. The summed E-state index contributed by atoms with van der Waals surface area (Å²) in [7, 11) is 1.66. The number of benzene rings is 1. The Labute approximate surface area is 106 Å². The fourth-order valence-corrected chi connectivity index (χ4v) is 2.11. The van der Waals surface area contributed by atoms with Crippen LogP contribution >= 0.6 is 0 Å². The maximum Gasteiger partial charge on any atom is 0.150 e. The molecule has 1 aliphatic rings. The van der Waals surface area contributed by atoms with Crippen LogP contribution in [-0.4, -0.2) is 44.0 Å². The molecule has 1 aliphatic heterocycles. The summed E-state index contributed by atoms with van der Waals surface area (Å²) in [6.45, 7) is 5.02. The van der Waals surface area contributed by atoms with Gasteiger partial charge in [0.15, 0.2) is 0 Å². The number of aliphatic imine (C=N–C) groups is 1. The zero-order chi connectivity index (χ0) is 13.1. The lowest BCUT2D eigenvalue weighted by Gasteiger charge is -2.30. The molecule has 1 fully saturated rings. The second-order valence-electron chi connectivity index (χ2n) is 4.37. The van der Waals surface area contributed by atoms with Crippen LogP contribution in [0.2, 0.25) is 0 Å². The molecule has 0 aliphatic carbocycles. The molecule has 0 radical (unpaired) electrons. The molecule has 2 N–H and O–H groups in total. The molecule has 0 amide bonds. The summed E-state index contributed by atoms with van der Waals surface area (Å²) in [4.78, 5) is 6.02. The predicted molar refractivity (Wildman–Crippen MR) is 71.3 cm³/mol. The largest absolute Gasteiger partial charge is 0.507 e. The third-order valence-electron chi connectivity index (χ3n) is 3.25. The Morgan fingerprint density at radius 3 is 2.67 bits per heavy atom. The number of rotatable bonds is 2. The monoisotopic (exact) mass is 251 g/mol. The van der Waals surface area contributed by atoms with E-state index < -0.39 is 0 Å².